The topological polar surface area (TPSA) is 111 Å². The van der Waals surface area contributed by atoms with Crippen LogP contribution < -0.4 is 5.32 Å². The van der Waals surface area contributed by atoms with Crippen LogP contribution in [0.2, 0.25) is 0 Å². The van der Waals surface area contributed by atoms with Crippen molar-refractivity contribution in [3.63, 3.8) is 0 Å². The maximum Gasteiger partial charge on any atom is 0.490 e. The quantitative estimate of drug-likeness (QED) is 0.487. The lowest BCUT2D eigenvalue weighted by atomic mass is 10.1. The molecule has 3 aromatic rings. The van der Waals surface area contributed by atoms with Crippen LogP contribution in [0.25, 0.3) is 17.1 Å². The molecule has 4 heterocycles. The molecule has 9 nitrogen and oxygen atoms in total. The zero-order chi connectivity index (χ0) is 21.7. The van der Waals surface area contributed by atoms with Gasteiger partial charge in [-0.1, -0.05) is 11.3 Å². The second-order valence-electron chi connectivity index (χ2n) is 6.36. The summed E-state index contributed by atoms with van der Waals surface area (Å²) in [6, 6.07) is 4.99. The summed E-state index contributed by atoms with van der Waals surface area (Å²) >= 11 is 0. The van der Waals surface area contributed by atoms with Gasteiger partial charge in [-0.2, -0.15) is 22.7 Å². The molecule has 160 valence electrons. The van der Waals surface area contributed by atoms with E-state index < -0.39 is 18.1 Å². The molecule has 0 atom stereocenters. The van der Waals surface area contributed by atoms with Gasteiger partial charge in [0.15, 0.2) is 5.82 Å². The van der Waals surface area contributed by atoms with Gasteiger partial charge in [0.25, 0.3) is 0 Å². The first-order valence-electron chi connectivity index (χ1n) is 8.84. The Bertz CT molecular complexity index is 996. The zero-order valence-electron chi connectivity index (χ0n) is 15.4. The minimum atomic E-state index is -5.08. The number of carboxylic acid groups (broad SMARTS) is 1. The molecule has 2 N–H and O–H groups in total. The van der Waals surface area contributed by atoms with E-state index in [9.17, 15) is 17.6 Å². The van der Waals surface area contributed by atoms with E-state index >= 15 is 0 Å². The van der Waals surface area contributed by atoms with Crippen molar-refractivity contribution in [2.75, 3.05) is 13.1 Å². The Morgan fingerprint density at radius 1 is 1.20 bits per heavy atom. The lowest BCUT2D eigenvalue weighted by Gasteiger charge is -2.22. The Morgan fingerprint density at radius 3 is 2.53 bits per heavy atom. The fourth-order valence-corrected chi connectivity index (χ4v) is 2.77. The molecule has 0 aliphatic carbocycles. The van der Waals surface area contributed by atoms with Crippen LogP contribution in [0.15, 0.2) is 36.8 Å². The normalized spacial score (nSPS) is 14.8. The number of carbonyl (C=O) groups is 1. The van der Waals surface area contributed by atoms with Crippen molar-refractivity contribution < 1.29 is 27.5 Å². The van der Waals surface area contributed by atoms with E-state index in [1.807, 2.05) is 10.9 Å². The van der Waals surface area contributed by atoms with Gasteiger partial charge in [0.2, 0.25) is 5.95 Å². The molecule has 0 bridgehead atoms. The molecular formula is C17H17F4N7O2. The first-order valence-corrected chi connectivity index (χ1v) is 8.84. The molecule has 0 spiro atoms. The van der Waals surface area contributed by atoms with E-state index in [-0.39, 0.29) is 0 Å². The third-order valence-electron chi connectivity index (χ3n) is 4.25. The highest BCUT2D eigenvalue weighted by Crippen LogP contribution is 2.22. The summed E-state index contributed by atoms with van der Waals surface area (Å²) in [5, 5.41) is 23.1. The molecule has 4 rings (SSSR count). The predicted octanol–water partition coefficient (Wildman–Crippen LogP) is 2.22. The Kier molecular flexibility index (Phi) is 6.40. The number of aliphatic carboxylic acids is 1. The summed E-state index contributed by atoms with van der Waals surface area (Å²) in [6.07, 6.45) is 2.56. The van der Waals surface area contributed by atoms with Crippen molar-refractivity contribution in [3.8, 4) is 17.1 Å². The van der Waals surface area contributed by atoms with Crippen molar-refractivity contribution in [2.24, 2.45) is 0 Å². The number of alkyl halides is 3. The highest BCUT2D eigenvalue weighted by molar-refractivity contribution is 5.73. The lowest BCUT2D eigenvalue weighted by molar-refractivity contribution is -0.192. The van der Waals surface area contributed by atoms with Gasteiger partial charge < -0.3 is 10.4 Å². The monoisotopic (exact) mass is 427 g/mol. The predicted molar refractivity (Wildman–Crippen MR) is 95.2 cm³/mol. The second kappa shape index (κ2) is 8.98. The number of nitrogens with zero attached hydrogens (tertiary/aromatic N) is 6. The van der Waals surface area contributed by atoms with Gasteiger partial charge in [0, 0.05) is 11.8 Å². The molecule has 1 aliphatic rings. The molecular weight excluding hydrogens is 410 g/mol. The Labute approximate surface area is 167 Å². The largest absolute Gasteiger partial charge is 0.490 e. The Hall–Kier alpha value is -3.35. The van der Waals surface area contributed by atoms with Gasteiger partial charge in [-0.25, -0.2) is 14.5 Å². The maximum absolute atomic E-state index is 13.2. The van der Waals surface area contributed by atoms with Gasteiger partial charge in [-0.3, -0.25) is 4.68 Å². The second-order valence-corrected chi connectivity index (χ2v) is 6.36. The highest BCUT2D eigenvalue weighted by Gasteiger charge is 2.38. The SMILES string of the molecule is Fc1cccc(-n2cc(-c3cnn(C4CCNCC4)c3)nn2)n1.O=C(O)C(F)(F)F. The van der Waals surface area contributed by atoms with Crippen LogP contribution >= 0.6 is 0 Å². The fourth-order valence-electron chi connectivity index (χ4n) is 2.77. The number of pyridine rings is 1. The van der Waals surface area contributed by atoms with E-state index in [1.165, 1.54) is 10.7 Å². The smallest absolute Gasteiger partial charge is 0.475 e. The third kappa shape index (κ3) is 5.37. The molecule has 0 aromatic carbocycles. The Balaban J connectivity index is 0.000000318. The average molecular weight is 427 g/mol. The van der Waals surface area contributed by atoms with Crippen LogP contribution in [0, 0.1) is 5.95 Å². The number of hydrogen-bond acceptors (Lipinski definition) is 6. The van der Waals surface area contributed by atoms with Gasteiger partial charge in [-0.05, 0) is 38.1 Å². The number of carboxylic acids is 1. The standard InChI is InChI=1S/C15H16FN7.C2HF3O2/c16-14-2-1-3-15(19-14)23-10-13(20-21-23)11-8-18-22(9-11)12-4-6-17-7-5-12;3-2(4,5)1(6)7/h1-3,8-10,12,17H,4-7H2;(H,6,7). The number of piperidine rings is 1. The first kappa shape index (κ1) is 21.4. The van der Waals surface area contributed by atoms with Gasteiger partial charge in [-0.15, -0.1) is 5.10 Å². The molecule has 0 unspecified atom stereocenters. The zero-order valence-corrected chi connectivity index (χ0v) is 15.4. The summed E-state index contributed by atoms with van der Waals surface area (Å²) in [5.41, 5.74) is 1.59. The van der Waals surface area contributed by atoms with Crippen molar-refractivity contribution in [3.05, 3.63) is 42.7 Å². The molecule has 1 aliphatic heterocycles. The number of hydrogen-bond donors (Lipinski definition) is 2. The molecule has 0 radical (unpaired) electrons. The molecule has 0 saturated carbocycles. The van der Waals surface area contributed by atoms with Crippen LogP contribution in [0.3, 0.4) is 0 Å². The van der Waals surface area contributed by atoms with E-state index in [0.717, 1.165) is 31.5 Å². The van der Waals surface area contributed by atoms with Crippen molar-refractivity contribution in [2.45, 2.75) is 25.1 Å². The van der Waals surface area contributed by atoms with Crippen LogP contribution in [-0.2, 0) is 4.79 Å². The number of aromatic nitrogens is 6. The summed E-state index contributed by atoms with van der Waals surface area (Å²) < 4.78 is 48.4. The van der Waals surface area contributed by atoms with Gasteiger partial charge in [0.05, 0.1) is 18.4 Å². The van der Waals surface area contributed by atoms with Crippen LogP contribution in [0.1, 0.15) is 18.9 Å². The molecule has 30 heavy (non-hydrogen) atoms. The van der Waals surface area contributed by atoms with E-state index in [4.69, 9.17) is 9.90 Å². The van der Waals surface area contributed by atoms with Gasteiger partial charge in [0.1, 0.15) is 5.69 Å². The highest BCUT2D eigenvalue weighted by atomic mass is 19.4. The van der Waals surface area contributed by atoms with E-state index in [1.54, 1.807) is 24.5 Å². The van der Waals surface area contributed by atoms with Crippen LogP contribution in [0.4, 0.5) is 17.6 Å². The molecule has 1 saturated heterocycles. The molecule has 1 fully saturated rings. The van der Waals surface area contributed by atoms with Crippen molar-refractivity contribution in [1.82, 2.24) is 35.1 Å². The summed E-state index contributed by atoms with van der Waals surface area (Å²) in [5.74, 6) is -2.90. The average Bonchev–Trinajstić information content (AvgIpc) is 3.38. The number of rotatable bonds is 3. The van der Waals surface area contributed by atoms with E-state index in [0.29, 0.717) is 17.6 Å². The van der Waals surface area contributed by atoms with Gasteiger partial charge >= 0.3 is 12.1 Å². The maximum atomic E-state index is 13.2. The first-order chi connectivity index (χ1) is 14.2. The van der Waals surface area contributed by atoms with Crippen molar-refractivity contribution >= 4 is 5.97 Å². The molecule has 3 aromatic heterocycles. The Morgan fingerprint density at radius 2 is 1.90 bits per heavy atom. The number of nitrogens with one attached hydrogen (secondary N) is 1. The summed E-state index contributed by atoms with van der Waals surface area (Å²) in [6.45, 7) is 2.03. The van der Waals surface area contributed by atoms with Crippen LogP contribution in [-0.4, -0.2) is 60.1 Å². The number of halogens is 4. The minimum absolute atomic E-state index is 0.398. The summed E-state index contributed by atoms with van der Waals surface area (Å²) in [4.78, 5) is 12.7. The fraction of sp³-hybridized carbons (Fsp3) is 0.353. The van der Waals surface area contributed by atoms with E-state index in [2.05, 4.69) is 25.7 Å². The third-order valence-corrected chi connectivity index (χ3v) is 4.25. The minimum Gasteiger partial charge on any atom is -0.475 e. The summed E-state index contributed by atoms with van der Waals surface area (Å²) in [7, 11) is 0. The van der Waals surface area contributed by atoms with Crippen LogP contribution in [0.5, 0.6) is 0 Å². The molecule has 13 heteroatoms. The molecule has 0 amide bonds. The van der Waals surface area contributed by atoms with Crippen molar-refractivity contribution in [1.29, 1.82) is 0 Å². The lowest BCUT2D eigenvalue weighted by Crippen LogP contribution is -2.29.